The van der Waals surface area contributed by atoms with Crippen LogP contribution in [-0.4, -0.2) is 52.7 Å². The Kier molecular flexibility index (Phi) is 6.55. The van der Waals surface area contributed by atoms with Gasteiger partial charge in [-0.1, -0.05) is 13.8 Å². The van der Waals surface area contributed by atoms with Crippen molar-refractivity contribution in [3.8, 4) is 11.5 Å². The lowest BCUT2D eigenvalue weighted by Gasteiger charge is -2.36. The van der Waals surface area contributed by atoms with Gasteiger partial charge in [-0.05, 0) is 50.2 Å². The number of ether oxygens (including phenoxy) is 2. The molecule has 0 N–H and O–H groups in total. The van der Waals surface area contributed by atoms with Crippen LogP contribution in [0, 0.1) is 30.6 Å². The minimum atomic E-state index is -4.16. The Balaban J connectivity index is 1.63. The summed E-state index contributed by atoms with van der Waals surface area (Å²) in [5, 5.41) is -0.0943. The smallest absolute Gasteiger partial charge is 0.338 e. The summed E-state index contributed by atoms with van der Waals surface area (Å²) in [7, 11) is -1.10. The molecule has 2 aliphatic carbocycles. The highest BCUT2D eigenvalue weighted by Crippen LogP contribution is 2.64. The Labute approximate surface area is 226 Å². The Morgan fingerprint density at radius 2 is 1.95 bits per heavy atom. The second-order valence-electron chi connectivity index (χ2n) is 11.0. The summed E-state index contributed by atoms with van der Waals surface area (Å²) < 4.78 is 54.2. The highest BCUT2D eigenvalue weighted by Gasteiger charge is 2.65. The van der Waals surface area contributed by atoms with Crippen LogP contribution >= 0.6 is 0 Å². The molecular formula is C27H33N3O6S2. The lowest BCUT2D eigenvalue weighted by atomic mass is 9.70. The third-order valence-corrected chi connectivity index (χ3v) is 12.0. The summed E-state index contributed by atoms with van der Waals surface area (Å²) in [5.74, 6) is 0.863. The molecule has 2 bridgehead atoms. The minimum absolute atomic E-state index is 0.00132. The molecule has 5 rings (SSSR count). The van der Waals surface area contributed by atoms with Crippen LogP contribution in [0.4, 0.5) is 0 Å². The number of carbonyl (C=O) groups excluding carboxylic acids is 1. The molecule has 1 aromatic carbocycles. The highest BCUT2D eigenvalue weighted by atomic mass is 32.2. The molecule has 3 unspecified atom stereocenters. The van der Waals surface area contributed by atoms with Gasteiger partial charge < -0.3 is 14.0 Å². The van der Waals surface area contributed by atoms with Gasteiger partial charge in [0, 0.05) is 41.0 Å². The van der Waals surface area contributed by atoms with E-state index in [9.17, 15) is 17.8 Å². The van der Waals surface area contributed by atoms with Crippen LogP contribution in [0.1, 0.15) is 49.9 Å². The summed E-state index contributed by atoms with van der Waals surface area (Å²) in [6.45, 7) is 7.70. The Hall–Kier alpha value is -2.63. The summed E-state index contributed by atoms with van der Waals surface area (Å²) in [5.41, 5.74) is 1.35. The zero-order valence-corrected chi connectivity index (χ0v) is 24.2. The molecule has 38 heavy (non-hydrogen) atoms. The molecule has 2 aromatic heterocycles. The highest BCUT2D eigenvalue weighted by molar-refractivity contribution is 7.93. The molecule has 11 heteroatoms. The van der Waals surface area contributed by atoms with Crippen molar-refractivity contribution in [1.29, 1.82) is 0 Å². The van der Waals surface area contributed by atoms with Gasteiger partial charge >= 0.3 is 5.16 Å². The average molecular weight is 560 g/mol. The summed E-state index contributed by atoms with van der Waals surface area (Å²) in [4.78, 5) is 22.1. The molecule has 0 spiro atoms. The van der Waals surface area contributed by atoms with E-state index in [1.54, 1.807) is 31.5 Å². The van der Waals surface area contributed by atoms with Crippen molar-refractivity contribution < 1.29 is 27.2 Å². The van der Waals surface area contributed by atoms with E-state index in [1.165, 1.54) is 7.11 Å². The number of ketones is 1. The van der Waals surface area contributed by atoms with E-state index in [0.29, 0.717) is 35.6 Å². The number of aryl methyl sites for hydroxylation is 1. The van der Waals surface area contributed by atoms with Crippen molar-refractivity contribution in [2.24, 2.45) is 16.7 Å². The maximum Gasteiger partial charge on any atom is 0.338 e. The number of Topliss-reactive ketones (excluding diaryl/α,β-unsaturated/α-hetero) is 1. The fourth-order valence-electron chi connectivity index (χ4n) is 6.44. The van der Waals surface area contributed by atoms with E-state index >= 15 is 0 Å². The van der Waals surface area contributed by atoms with Gasteiger partial charge in [0.15, 0.2) is 5.75 Å². The van der Waals surface area contributed by atoms with Gasteiger partial charge in [0.25, 0.3) is 0 Å². The zero-order chi connectivity index (χ0) is 27.6. The van der Waals surface area contributed by atoms with Crippen LogP contribution in [0.3, 0.4) is 0 Å². The second-order valence-corrected chi connectivity index (χ2v) is 14.1. The first-order valence-corrected chi connectivity index (χ1v) is 15.5. The standard InChI is InChI=1S/C27H33N3O6S2/c1-16-13-28-21(17(2)24(16)36-6)14-37(32)25-29-20-8-7-19(35-5)12-22(20)30(25)38(33,34)15-27-10-9-18(11-23(27)31)26(27,3)4/h7-8,12-13,18H,9-11,14-15H2,1-6H3. The molecule has 0 radical (unpaired) electrons. The summed E-state index contributed by atoms with van der Waals surface area (Å²) in [6.07, 6.45) is 3.40. The fraction of sp³-hybridized carbons (Fsp3) is 0.519. The fourth-order valence-corrected chi connectivity index (χ4v) is 10.3. The Bertz CT molecular complexity index is 1550. The number of methoxy groups -OCH3 is 2. The van der Waals surface area contributed by atoms with Crippen molar-refractivity contribution in [2.75, 3.05) is 20.0 Å². The number of rotatable bonds is 8. The van der Waals surface area contributed by atoms with E-state index in [4.69, 9.17) is 9.47 Å². The van der Waals surface area contributed by atoms with Crippen LogP contribution < -0.4 is 9.47 Å². The summed E-state index contributed by atoms with van der Waals surface area (Å²) >= 11 is -1.87. The van der Waals surface area contributed by atoms with E-state index in [-0.39, 0.29) is 33.9 Å². The minimum Gasteiger partial charge on any atom is -0.609 e. The van der Waals surface area contributed by atoms with Crippen molar-refractivity contribution >= 4 is 38.0 Å². The van der Waals surface area contributed by atoms with E-state index in [0.717, 1.165) is 21.5 Å². The van der Waals surface area contributed by atoms with Gasteiger partial charge in [-0.3, -0.25) is 9.78 Å². The molecule has 2 fully saturated rings. The van der Waals surface area contributed by atoms with Crippen LogP contribution in [-0.2, 0) is 31.7 Å². The SMILES string of the molecule is COc1ccc2nc([S+]([O-])Cc3ncc(C)c(OC)c3C)n(S(=O)(=O)CC34CCC(CC3=O)C4(C)C)c2c1. The van der Waals surface area contributed by atoms with Gasteiger partial charge in [-0.25, -0.2) is 8.42 Å². The predicted octanol–water partition coefficient (Wildman–Crippen LogP) is 3.95. The Morgan fingerprint density at radius 3 is 2.55 bits per heavy atom. The van der Waals surface area contributed by atoms with Crippen molar-refractivity contribution in [3.63, 3.8) is 0 Å². The quantitative estimate of drug-likeness (QED) is 0.380. The number of hydrogen-bond acceptors (Lipinski definition) is 8. The van der Waals surface area contributed by atoms with Gasteiger partial charge in [-0.15, -0.1) is 0 Å². The second kappa shape index (κ2) is 9.24. The van der Waals surface area contributed by atoms with Crippen molar-refractivity contribution in [3.05, 3.63) is 41.2 Å². The molecule has 204 valence electrons. The number of pyridine rings is 1. The molecule has 2 heterocycles. The third kappa shape index (κ3) is 3.93. The van der Waals surface area contributed by atoms with Crippen LogP contribution in [0.25, 0.3) is 11.0 Å². The molecular weight excluding hydrogens is 526 g/mol. The van der Waals surface area contributed by atoms with Crippen LogP contribution in [0.2, 0.25) is 0 Å². The van der Waals surface area contributed by atoms with Gasteiger partial charge in [-0.2, -0.15) is 8.96 Å². The average Bonchev–Trinajstić information content (AvgIpc) is 3.42. The normalized spacial score (nSPS) is 23.2. The number of imidazole rings is 1. The predicted molar refractivity (Wildman–Crippen MR) is 144 cm³/mol. The number of carbonyl (C=O) groups is 1. The molecule has 2 saturated carbocycles. The molecule has 9 nitrogen and oxygen atoms in total. The zero-order valence-electron chi connectivity index (χ0n) is 22.5. The first kappa shape index (κ1) is 27.0. The topological polar surface area (TPSA) is 123 Å². The number of benzene rings is 1. The number of aromatic nitrogens is 3. The number of nitrogens with zero attached hydrogens (tertiary/aromatic N) is 3. The van der Waals surface area contributed by atoms with Crippen molar-refractivity contribution in [2.45, 2.75) is 57.9 Å². The van der Waals surface area contributed by atoms with E-state index in [1.807, 2.05) is 27.7 Å². The molecule has 3 atom stereocenters. The maximum absolute atomic E-state index is 14.2. The van der Waals surface area contributed by atoms with Gasteiger partial charge in [0.1, 0.15) is 17.3 Å². The molecule has 2 aliphatic rings. The van der Waals surface area contributed by atoms with Gasteiger partial charge in [0.2, 0.25) is 10.0 Å². The molecule has 0 amide bonds. The largest absolute Gasteiger partial charge is 0.609 e. The van der Waals surface area contributed by atoms with E-state index < -0.39 is 32.0 Å². The monoisotopic (exact) mass is 559 g/mol. The van der Waals surface area contributed by atoms with E-state index in [2.05, 4.69) is 9.97 Å². The lowest BCUT2D eigenvalue weighted by molar-refractivity contribution is -0.128. The first-order chi connectivity index (χ1) is 17.9. The van der Waals surface area contributed by atoms with Crippen LogP contribution in [0.5, 0.6) is 11.5 Å². The number of hydrogen-bond donors (Lipinski definition) is 0. The summed E-state index contributed by atoms with van der Waals surface area (Å²) in [6, 6.07) is 4.91. The first-order valence-electron chi connectivity index (χ1n) is 12.6. The molecule has 0 saturated heterocycles. The number of fused-ring (bicyclic) bond motifs is 3. The molecule has 0 aliphatic heterocycles. The lowest BCUT2D eigenvalue weighted by Crippen LogP contribution is -2.43. The van der Waals surface area contributed by atoms with Crippen molar-refractivity contribution in [1.82, 2.24) is 13.9 Å². The molecule has 3 aromatic rings. The maximum atomic E-state index is 14.2. The van der Waals surface area contributed by atoms with Gasteiger partial charge in [0.05, 0.1) is 42.1 Å². The van der Waals surface area contributed by atoms with Crippen LogP contribution in [0.15, 0.2) is 29.6 Å². The Morgan fingerprint density at radius 1 is 1.21 bits per heavy atom. The third-order valence-electron chi connectivity index (χ3n) is 8.86.